The standard InChI is InChI=1S/C26H24N4O5/c1-18-11-24(9-10-25(18)30(32)33)35-17-20-6-3-7-21(12-20)26(31)28-22-14-27-29(16-22)15-19-5-4-8-23(13-19)34-2/h3-14,16H,15,17H2,1-2H3,(H,28,31). The quantitative estimate of drug-likeness (QED) is 0.272. The summed E-state index contributed by atoms with van der Waals surface area (Å²) in [4.78, 5) is 23.3. The fourth-order valence-corrected chi connectivity index (χ4v) is 3.57. The molecule has 0 aliphatic rings. The molecule has 1 heterocycles. The molecule has 0 aliphatic carbocycles. The molecule has 1 aromatic heterocycles. The largest absolute Gasteiger partial charge is 0.497 e. The topological polar surface area (TPSA) is 109 Å². The van der Waals surface area contributed by atoms with Crippen LogP contribution < -0.4 is 14.8 Å². The van der Waals surface area contributed by atoms with Crippen molar-refractivity contribution < 1.29 is 19.2 Å². The average Bonchev–Trinajstić information content (AvgIpc) is 3.29. The van der Waals surface area contributed by atoms with Crippen LogP contribution in [-0.4, -0.2) is 27.7 Å². The minimum Gasteiger partial charge on any atom is -0.497 e. The molecule has 1 amide bonds. The maximum absolute atomic E-state index is 12.8. The third kappa shape index (κ3) is 6.02. The second-order valence-corrected chi connectivity index (χ2v) is 7.93. The van der Waals surface area contributed by atoms with E-state index in [2.05, 4.69) is 10.4 Å². The summed E-state index contributed by atoms with van der Waals surface area (Å²) in [6.45, 7) is 2.42. The molecule has 0 fully saturated rings. The number of methoxy groups -OCH3 is 1. The average molecular weight is 473 g/mol. The Morgan fingerprint density at radius 3 is 2.63 bits per heavy atom. The highest BCUT2D eigenvalue weighted by molar-refractivity contribution is 6.04. The van der Waals surface area contributed by atoms with Crippen LogP contribution in [0.3, 0.4) is 0 Å². The van der Waals surface area contributed by atoms with Crippen molar-refractivity contribution in [1.82, 2.24) is 9.78 Å². The number of hydrogen-bond acceptors (Lipinski definition) is 6. The van der Waals surface area contributed by atoms with Gasteiger partial charge < -0.3 is 14.8 Å². The normalized spacial score (nSPS) is 10.6. The first-order valence-corrected chi connectivity index (χ1v) is 10.8. The van der Waals surface area contributed by atoms with Gasteiger partial charge in [0.05, 0.1) is 30.5 Å². The van der Waals surface area contributed by atoms with Crippen molar-refractivity contribution in [3.05, 3.63) is 111 Å². The summed E-state index contributed by atoms with van der Waals surface area (Å²) in [6, 6.07) is 19.4. The molecule has 0 atom stereocenters. The van der Waals surface area contributed by atoms with Gasteiger partial charge in [0.1, 0.15) is 18.1 Å². The van der Waals surface area contributed by atoms with Crippen LogP contribution >= 0.6 is 0 Å². The van der Waals surface area contributed by atoms with Crippen molar-refractivity contribution >= 4 is 17.3 Å². The minimum atomic E-state index is -0.427. The third-order valence-electron chi connectivity index (χ3n) is 5.33. The molecule has 0 saturated heterocycles. The van der Waals surface area contributed by atoms with Gasteiger partial charge in [-0.15, -0.1) is 0 Å². The number of anilines is 1. The molecular weight excluding hydrogens is 448 g/mol. The zero-order chi connectivity index (χ0) is 24.8. The van der Waals surface area contributed by atoms with Gasteiger partial charge in [0.25, 0.3) is 11.6 Å². The lowest BCUT2D eigenvalue weighted by atomic mass is 10.1. The van der Waals surface area contributed by atoms with Crippen LogP contribution in [0.1, 0.15) is 27.0 Å². The van der Waals surface area contributed by atoms with Crippen molar-refractivity contribution in [3.8, 4) is 11.5 Å². The second-order valence-electron chi connectivity index (χ2n) is 7.93. The first-order valence-electron chi connectivity index (χ1n) is 10.8. The number of benzene rings is 3. The van der Waals surface area contributed by atoms with E-state index in [1.807, 2.05) is 30.3 Å². The Morgan fingerprint density at radius 1 is 1.06 bits per heavy atom. The molecular formula is C26H24N4O5. The Kier molecular flexibility index (Phi) is 7.06. The summed E-state index contributed by atoms with van der Waals surface area (Å²) in [5.74, 6) is 1.03. The summed E-state index contributed by atoms with van der Waals surface area (Å²) >= 11 is 0. The van der Waals surface area contributed by atoms with Gasteiger partial charge in [-0.05, 0) is 54.4 Å². The SMILES string of the molecule is COc1cccc(Cn2cc(NC(=O)c3cccc(COc4ccc([N+](=O)[O-])c(C)c4)c3)cn2)c1. The van der Waals surface area contributed by atoms with Gasteiger partial charge in [-0.25, -0.2) is 0 Å². The van der Waals surface area contributed by atoms with E-state index < -0.39 is 4.92 Å². The van der Waals surface area contributed by atoms with Crippen molar-refractivity contribution in [2.45, 2.75) is 20.1 Å². The molecule has 0 aliphatic heterocycles. The fourth-order valence-electron chi connectivity index (χ4n) is 3.57. The third-order valence-corrected chi connectivity index (χ3v) is 5.33. The first kappa shape index (κ1) is 23.5. The van der Waals surface area contributed by atoms with Gasteiger partial charge in [-0.3, -0.25) is 19.6 Å². The van der Waals surface area contributed by atoms with Gasteiger partial charge in [-0.2, -0.15) is 5.10 Å². The van der Waals surface area contributed by atoms with Crippen molar-refractivity contribution in [2.24, 2.45) is 0 Å². The van der Waals surface area contributed by atoms with Crippen molar-refractivity contribution in [1.29, 1.82) is 0 Å². The number of aryl methyl sites for hydroxylation is 1. The lowest BCUT2D eigenvalue weighted by molar-refractivity contribution is -0.385. The van der Waals surface area contributed by atoms with Crippen molar-refractivity contribution in [2.75, 3.05) is 12.4 Å². The van der Waals surface area contributed by atoms with Gasteiger partial charge in [0.2, 0.25) is 0 Å². The molecule has 0 bridgehead atoms. The zero-order valence-corrected chi connectivity index (χ0v) is 19.3. The molecule has 35 heavy (non-hydrogen) atoms. The van der Waals surface area contributed by atoms with Gasteiger partial charge in [0.15, 0.2) is 0 Å². The van der Waals surface area contributed by atoms with Crippen LogP contribution in [0, 0.1) is 17.0 Å². The molecule has 3 aromatic carbocycles. The van der Waals surface area contributed by atoms with E-state index >= 15 is 0 Å². The monoisotopic (exact) mass is 472 g/mol. The van der Waals surface area contributed by atoms with Gasteiger partial charge in [0, 0.05) is 23.4 Å². The van der Waals surface area contributed by atoms with Crippen LogP contribution in [0.5, 0.6) is 11.5 Å². The number of aromatic nitrogens is 2. The molecule has 4 rings (SSSR count). The Morgan fingerprint density at radius 2 is 1.86 bits per heavy atom. The summed E-state index contributed by atoms with van der Waals surface area (Å²) in [5, 5.41) is 18.1. The summed E-state index contributed by atoms with van der Waals surface area (Å²) in [5.41, 5.74) is 3.45. The zero-order valence-electron chi connectivity index (χ0n) is 19.3. The van der Waals surface area contributed by atoms with Crippen LogP contribution in [-0.2, 0) is 13.2 Å². The van der Waals surface area contributed by atoms with Crippen LogP contribution in [0.2, 0.25) is 0 Å². The number of nitrogens with one attached hydrogen (secondary N) is 1. The first-order chi connectivity index (χ1) is 16.9. The van der Waals surface area contributed by atoms with Crippen LogP contribution in [0.4, 0.5) is 11.4 Å². The Balaban J connectivity index is 1.36. The molecule has 1 N–H and O–H groups in total. The summed E-state index contributed by atoms with van der Waals surface area (Å²) in [6.07, 6.45) is 3.36. The summed E-state index contributed by atoms with van der Waals surface area (Å²) in [7, 11) is 1.62. The number of nitro groups is 1. The molecule has 0 saturated carbocycles. The highest BCUT2D eigenvalue weighted by Crippen LogP contribution is 2.24. The highest BCUT2D eigenvalue weighted by Gasteiger charge is 2.12. The van der Waals surface area contributed by atoms with E-state index in [9.17, 15) is 14.9 Å². The number of carbonyl (C=O) groups is 1. The maximum atomic E-state index is 12.8. The van der Waals surface area contributed by atoms with Crippen molar-refractivity contribution in [3.63, 3.8) is 0 Å². The number of nitrogens with zero attached hydrogens (tertiary/aromatic N) is 3. The van der Waals surface area contributed by atoms with Crippen LogP contribution in [0.15, 0.2) is 79.1 Å². The van der Waals surface area contributed by atoms with Gasteiger partial charge >= 0.3 is 0 Å². The van der Waals surface area contributed by atoms with Gasteiger partial charge in [-0.1, -0.05) is 24.3 Å². The summed E-state index contributed by atoms with van der Waals surface area (Å²) < 4.78 is 12.7. The molecule has 0 unspecified atom stereocenters. The molecule has 0 spiro atoms. The Labute approximate surface area is 202 Å². The van der Waals surface area contributed by atoms with E-state index in [0.29, 0.717) is 29.1 Å². The molecule has 0 radical (unpaired) electrons. The number of hydrogen-bond donors (Lipinski definition) is 1. The fraction of sp³-hybridized carbons (Fsp3) is 0.154. The number of rotatable bonds is 9. The number of nitro benzene ring substituents is 1. The Hall–Kier alpha value is -4.66. The lowest BCUT2D eigenvalue weighted by Gasteiger charge is -2.09. The second kappa shape index (κ2) is 10.5. The Bertz CT molecular complexity index is 1370. The predicted octanol–water partition coefficient (Wildman–Crippen LogP) is 4.99. The predicted molar refractivity (Wildman–Crippen MR) is 131 cm³/mol. The lowest BCUT2D eigenvalue weighted by Crippen LogP contribution is -2.12. The molecule has 178 valence electrons. The number of carbonyl (C=O) groups excluding carboxylic acids is 1. The van der Waals surface area contributed by atoms with Crippen LogP contribution in [0.25, 0.3) is 0 Å². The molecule has 9 nitrogen and oxygen atoms in total. The minimum absolute atomic E-state index is 0.0443. The van der Waals surface area contributed by atoms with E-state index in [-0.39, 0.29) is 18.2 Å². The smallest absolute Gasteiger partial charge is 0.272 e. The van der Waals surface area contributed by atoms with E-state index in [1.165, 1.54) is 6.07 Å². The van der Waals surface area contributed by atoms with E-state index in [4.69, 9.17) is 9.47 Å². The maximum Gasteiger partial charge on any atom is 0.272 e. The van der Waals surface area contributed by atoms with E-state index in [0.717, 1.165) is 16.9 Å². The molecule has 9 heteroatoms. The highest BCUT2D eigenvalue weighted by atomic mass is 16.6. The number of ether oxygens (including phenoxy) is 2. The number of amides is 1. The molecule has 4 aromatic rings. The van der Waals surface area contributed by atoms with E-state index in [1.54, 1.807) is 61.4 Å².